The molecule has 0 aliphatic rings. The largest absolute Gasteiger partial charge is 0.244 e. The fraction of sp³-hybridized carbons (Fsp3) is 1.00. The molecule has 0 aromatic carbocycles. The zero-order valence-electron chi connectivity index (χ0n) is 6.16. The maximum absolute atomic E-state index is 12.9. The fourth-order valence-corrected chi connectivity index (χ4v) is 0.408. The molecule has 0 heterocycles. The first kappa shape index (κ1) is 7.93. The summed E-state index contributed by atoms with van der Waals surface area (Å²) in [5, 5.41) is 0. The summed E-state index contributed by atoms with van der Waals surface area (Å²) < 4.78 is 12.9. The van der Waals surface area contributed by atoms with Crippen LogP contribution in [0.4, 0.5) is 4.39 Å². The zero-order valence-corrected chi connectivity index (χ0v) is 6.16. The Bertz CT molecular complexity index is 64.8. The van der Waals surface area contributed by atoms with Crippen LogP contribution in [0.2, 0.25) is 0 Å². The Morgan fingerprint density at radius 3 is 1.88 bits per heavy atom. The average molecular weight is 118 g/mol. The van der Waals surface area contributed by atoms with Crippen LogP contribution in [0.1, 0.15) is 34.1 Å². The molecule has 0 nitrogen and oxygen atoms in total. The van der Waals surface area contributed by atoms with Crippen LogP contribution in [0, 0.1) is 5.92 Å². The van der Waals surface area contributed by atoms with Crippen molar-refractivity contribution in [3.63, 3.8) is 0 Å². The van der Waals surface area contributed by atoms with Crippen LogP contribution in [0.5, 0.6) is 0 Å². The smallest absolute Gasteiger partial charge is 0.110 e. The monoisotopic (exact) mass is 118 g/mol. The van der Waals surface area contributed by atoms with Crippen LogP contribution in [0.15, 0.2) is 0 Å². The molecule has 0 spiro atoms. The second-order valence-electron chi connectivity index (χ2n) is 2.79. The van der Waals surface area contributed by atoms with Gasteiger partial charge in [-0.3, -0.25) is 0 Å². The van der Waals surface area contributed by atoms with E-state index in [-0.39, 0.29) is 5.92 Å². The van der Waals surface area contributed by atoms with Gasteiger partial charge in [-0.2, -0.15) is 0 Å². The summed E-state index contributed by atoms with van der Waals surface area (Å²) in [6.45, 7) is 7.34. The Labute approximate surface area is 51.1 Å². The molecule has 8 heavy (non-hydrogen) atoms. The van der Waals surface area contributed by atoms with Gasteiger partial charge in [0.2, 0.25) is 0 Å². The molecule has 0 rings (SSSR count). The molecule has 0 N–H and O–H groups in total. The highest BCUT2D eigenvalue weighted by Crippen LogP contribution is 2.24. The standard InChI is InChI=1S/C7H15F/c1-5-7(4,8)6(2)3/h6H,5H2,1-4H3/t7-/m0/s1. The van der Waals surface area contributed by atoms with Crippen molar-refractivity contribution in [1.29, 1.82) is 0 Å². The molecule has 0 aromatic rings. The van der Waals surface area contributed by atoms with Crippen LogP contribution in [0.25, 0.3) is 0 Å². The van der Waals surface area contributed by atoms with Gasteiger partial charge in [0, 0.05) is 0 Å². The highest BCUT2D eigenvalue weighted by molar-refractivity contribution is 4.73. The van der Waals surface area contributed by atoms with Crippen molar-refractivity contribution >= 4 is 0 Å². The van der Waals surface area contributed by atoms with Crippen molar-refractivity contribution in [2.75, 3.05) is 0 Å². The van der Waals surface area contributed by atoms with Gasteiger partial charge in [-0.1, -0.05) is 20.8 Å². The summed E-state index contributed by atoms with van der Waals surface area (Å²) in [6, 6.07) is 0. The molecule has 1 atom stereocenters. The van der Waals surface area contributed by atoms with E-state index >= 15 is 0 Å². The molecule has 50 valence electrons. The predicted molar refractivity (Wildman–Crippen MR) is 34.6 cm³/mol. The van der Waals surface area contributed by atoms with Crippen molar-refractivity contribution in [1.82, 2.24) is 0 Å². The van der Waals surface area contributed by atoms with Crippen LogP contribution in [0.3, 0.4) is 0 Å². The maximum Gasteiger partial charge on any atom is 0.110 e. The van der Waals surface area contributed by atoms with Crippen molar-refractivity contribution < 1.29 is 4.39 Å². The minimum absolute atomic E-state index is 0.146. The minimum Gasteiger partial charge on any atom is -0.244 e. The molecule has 0 amide bonds. The van der Waals surface area contributed by atoms with E-state index in [2.05, 4.69) is 0 Å². The first-order valence-electron chi connectivity index (χ1n) is 3.19. The molecule has 0 saturated carbocycles. The van der Waals surface area contributed by atoms with Crippen LogP contribution in [-0.4, -0.2) is 5.67 Å². The van der Waals surface area contributed by atoms with Gasteiger partial charge in [0.15, 0.2) is 0 Å². The lowest BCUT2D eigenvalue weighted by molar-refractivity contribution is 0.118. The molecular formula is C7H15F. The molecule has 1 heteroatoms. The Hall–Kier alpha value is -0.0700. The molecule has 0 fully saturated rings. The van der Waals surface area contributed by atoms with Crippen molar-refractivity contribution in [3.05, 3.63) is 0 Å². The molecule has 0 aliphatic heterocycles. The average Bonchev–Trinajstić information content (AvgIpc) is 1.67. The molecular weight excluding hydrogens is 103 g/mol. The second kappa shape index (κ2) is 2.47. The Morgan fingerprint density at radius 1 is 1.50 bits per heavy atom. The summed E-state index contributed by atoms with van der Waals surface area (Å²) in [5.74, 6) is 0.146. The van der Waals surface area contributed by atoms with Crippen molar-refractivity contribution in [2.45, 2.75) is 39.8 Å². The van der Waals surface area contributed by atoms with Crippen molar-refractivity contribution in [3.8, 4) is 0 Å². The predicted octanol–water partition coefficient (Wildman–Crippen LogP) is 2.78. The first-order valence-corrected chi connectivity index (χ1v) is 3.19. The van der Waals surface area contributed by atoms with E-state index in [9.17, 15) is 4.39 Å². The maximum atomic E-state index is 12.9. The number of hydrogen-bond donors (Lipinski definition) is 0. The quantitative estimate of drug-likeness (QED) is 0.523. The third-order valence-electron chi connectivity index (χ3n) is 1.90. The fourth-order valence-electron chi connectivity index (χ4n) is 0.408. The van der Waals surface area contributed by atoms with E-state index in [0.717, 1.165) is 0 Å². The summed E-state index contributed by atoms with van der Waals surface area (Å²) in [4.78, 5) is 0. The Kier molecular flexibility index (Phi) is 2.45. The summed E-state index contributed by atoms with van der Waals surface area (Å²) >= 11 is 0. The van der Waals surface area contributed by atoms with Crippen molar-refractivity contribution in [2.24, 2.45) is 5.92 Å². The second-order valence-corrected chi connectivity index (χ2v) is 2.79. The van der Waals surface area contributed by atoms with E-state index in [4.69, 9.17) is 0 Å². The highest BCUT2D eigenvalue weighted by atomic mass is 19.1. The van der Waals surface area contributed by atoms with Gasteiger partial charge in [-0.05, 0) is 19.3 Å². The first-order chi connectivity index (χ1) is 3.50. The molecule has 0 unspecified atom stereocenters. The Balaban J connectivity index is 3.71. The van der Waals surface area contributed by atoms with Crippen LogP contribution in [-0.2, 0) is 0 Å². The normalized spacial score (nSPS) is 18.8. The van der Waals surface area contributed by atoms with Gasteiger partial charge in [0.25, 0.3) is 0 Å². The third kappa shape index (κ3) is 1.81. The topological polar surface area (TPSA) is 0 Å². The zero-order chi connectivity index (χ0) is 6.78. The number of hydrogen-bond acceptors (Lipinski definition) is 0. The van der Waals surface area contributed by atoms with Gasteiger partial charge in [-0.15, -0.1) is 0 Å². The van der Waals surface area contributed by atoms with Crippen LogP contribution >= 0.6 is 0 Å². The molecule has 0 bridgehead atoms. The van der Waals surface area contributed by atoms with Gasteiger partial charge in [0.05, 0.1) is 0 Å². The van der Waals surface area contributed by atoms with Gasteiger partial charge in [0.1, 0.15) is 5.67 Å². The minimum atomic E-state index is -0.958. The van der Waals surface area contributed by atoms with Gasteiger partial charge in [-0.25, -0.2) is 4.39 Å². The summed E-state index contributed by atoms with van der Waals surface area (Å²) in [5.41, 5.74) is -0.958. The van der Waals surface area contributed by atoms with E-state index in [1.165, 1.54) is 0 Å². The number of alkyl halides is 1. The number of rotatable bonds is 2. The molecule has 0 aliphatic carbocycles. The van der Waals surface area contributed by atoms with Gasteiger partial charge < -0.3 is 0 Å². The van der Waals surface area contributed by atoms with E-state index in [1.54, 1.807) is 6.92 Å². The lowest BCUT2D eigenvalue weighted by Gasteiger charge is -2.22. The molecule has 0 aromatic heterocycles. The Morgan fingerprint density at radius 2 is 1.88 bits per heavy atom. The summed E-state index contributed by atoms with van der Waals surface area (Å²) in [6.07, 6.45) is 0.616. The van der Waals surface area contributed by atoms with E-state index < -0.39 is 5.67 Å². The third-order valence-corrected chi connectivity index (χ3v) is 1.90. The van der Waals surface area contributed by atoms with Crippen LogP contribution < -0.4 is 0 Å². The summed E-state index contributed by atoms with van der Waals surface area (Å²) in [7, 11) is 0. The van der Waals surface area contributed by atoms with E-state index in [1.807, 2.05) is 20.8 Å². The lowest BCUT2D eigenvalue weighted by atomic mass is 9.92. The van der Waals surface area contributed by atoms with E-state index in [0.29, 0.717) is 6.42 Å². The molecule has 0 saturated heterocycles. The molecule has 0 radical (unpaired) electrons. The number of halogens is 1. The SMILES string of the molecule is CC[C@](C)(F)C(C)C. The van der Waals surface area contributed by atoms with Gasteiger partial charge >= 0.3 is 0 Å². The highest BCUT2D eigenvalue weighted by Gasteiger charge is 2.24. The lowest BCUT2D eigenvalue weighted by Crippen LogP contribution is -2.23.